The lowest BCUT2D eigenvalue weighted by Crippen LogP contribution is -2.35. The number of nitrogens with zero attached hydrogens (tertiary/aromatic N) is 4. The molecule has 9 heteroatoms. The minimum Gasteiger partial charge on any atom is -0.489 e. The fourth-order valence-electron chi connectivity index (χ4n) is 4.74. The normalized spacial score (nSPS) is 15.6. The van der Waals surface area contributed by atoms with E-state index in [2.05, 4.69) is 5.10 Å². The Labute approximate surface area is 232 Å². The zero-order valence-corrected chi connectivity index (χ0v) is 23.4. The predicted molar refractivity (Wildman–Crippen MR) is 152 cm³/mol. The van der Waals surface area contributed by atoms with Crippen molar-refractivity contribution in [1.82, 2.24) is 19.1 Å². The molecular weight excluding hydrogens is 516 g/mol. The van der Waals surface area contributed by atoms with E-state index in [-0.39, 0.29) is 17.7 Å². The molecule has 2 aromatic heterocycles. The summed E-state index contributed by atoms with van der Waals surface area (Å²) in [4.78, 5) is 27.9. The van der Waals surface area contributed by atoms with Gasteiger partial charge in [0.15, 0.2) is 5.75 Å². The lowest BCUT2D eigenvalue weighted by molar-refractivity contribution is 0.0285. The summed E-state index contributed by atoms with van der Waals surface area (Å²) < 4.78 is 14.7. The van der Waals surface area contributed by atoms with E-state index in [4.69, 9.17) is 21.1 Å². The Morgan fingerprint density at radius 3 is 2.51 bits per heavy atom. The summed E-state index contributed by atoms with van der Waals surface area (Å²) in [5.41, 5.74) is 3.01. The number of fused-ring (bicyclic) bond motifs is 1. The molecule has 0 radical (unpaired) electrons. The number of aromatic nitrogens is 3. The van der Waals surface area contributed by atoms with Crippen molar-refractivity contribution in [3.05, 3.63) is 87.3 Å². The van der Waals surface area contributed by atoms with Crippen molar-refractivity contribution in [3.63, 3.8) is 0 Å². The van der Waals surface area contributed by atoms with E-state index in [1.807, 2.05) is 82.3 Å². The van der Waals surface area contributed by atoms with Crippen LogP contribution in [0.5, 0.6) is 5.75 Å². The molecule has 5 rings (SSSR count). The highest BCUT2D eigenvalue weighted by molar-refractivity contribution is 6.33. The van der Waals surface area contributed by atoms with Crippen LogP contribution >= 0.6 is 11.6 Å². The molecular formula is C30H33ClN4O4. The largest absolute Gasteiger partial charge is 0.489 e. The van der Waals surface area contributed by atoms with Gasteiger partial charge < -0.3 is 14.4 Å². The molecule has 0 aliphatic carbocycles. The van der Waals surface area contributed by atoms with E-state index in [9.17, 15) is 9.59 Å². The molecule has 4 aromatic rings. The van der Waals surface area contributed by atoms with Gasteiger partial charge in [-0.1, -0.05) is 71.8 Å². The van der Waals surface area contributed by atoms with Gasteiger partial charge in [-0.2, -0.15) is 0 Å². The first kappa shape index (κ1) is 26.8. The van der Waals surface area contributed by atoms with Gasteiger partial charge in [0, 0.05) is 30.6 Å². The quantitative estimate of drug-likeness (QED) is 0.304. The molecule has 0 bridgehead atoms. The maximum absolute atomic E-state index is 13.7. The number of amides is 1. The smallest absolute Gasteiger partial charge is 0.410 e. The fraction of sp³-hybridized carbons (Fsp3) is 0.367. The first-order valence-electron chi connectivity index (χ1n) is 13.1. The third kappa shape index (κ3) is 5.96. The SMILES string of the molecule is Cc1ccc(-c2c(Cl)cc(OC[C@@H]3CCN(C(=O)OC(C)(C)C)C3)c3nn(Cc4ccccc4)c(=O)n23)cc1. The molecule has 8 nitrogen and oxygen atoms in total. The summed E-state index contributed by atoms with van der Waals surface area (Å²) in [7, 11) is 0. The van der Waals surface area contributed by atoms with Crippen LogP contribution in [0.3, 0.4) is 0 Å². The molecule has 204 valence electrons. The molecule has 0 saturated carbocycles. The molecule has 0 N–H and O–H groups in total. The number of benzene rings is 2. The number of hydrogen-bond acceptors (Lipinski definition) is 5. The maximum Gasteiger partial charge on any atom is 0.410 e. The summed E-state index contributed by atoms with van der Waals surface area (Å²) in [6.07, 6.45) is 0.476. The lowest BCUT2D eigenvalue weighted by Gasteiger charge is -2.24. The summed E-state index contributed by atoms with van der Waals surface area (Å²) in [6, 6.07) is 19.3. The van der Waals surface area contributed by atoms with E-state index in [1.54, 1.807) is 11.0 Å². The zero-order valence-electron chi connectivity index (χ0n) is 22.7. The summed E-state index contributed by atoms with van der Waals surface area (Å²) in [5.74, 6) is 0.543. The van der Waals surface area contributed by atoms with Gasteiger partial charge in [-0.3, -0.25) is 0 Å². The van der Waals surface area contributed by atoms with Crippen LogP contribution in [0.2, 0.25) is 5.02 Å². The summed E-state index contributed by atoms with van der Waals surface area (Å²) in [6.45, 7) is 9.40. The monoisotopic (exact) mass is 548 g/mol. The Bertz CT molecular complexity index is 1540. The van der Waals surface area contributed by atoms with Gasteiger partial charge in [-0.05, 0) is 39.7 Å². The van der Waals surface area contributed by atoms with Crippen molar-refractivity contribution in [2.75, 3.05) is 19.7 Å². The number of halogens is 1. The second-order valence-corrected chi connectivity index (χ2v) is 11.5. The summed E-state index contributed by atoms with van der Waals surface area (Å²) >= 11 is 6.80. The van der Waals surface area contributed by atoms with Crippen molar-refractivity contribution < 1.29 is 14.3 Å². The Hall–Kier alpha value is -3.78. The highest BCUT2D eigenvalue weighted by Gasteiger charge is 2.30. The van der Waals surface area contributed by atoms with Gasteiger partial charge in [0.05, 0.1) is 23.9 Å². The highest BCUT2D eigenvalue weighted by Crippen LogP contribution is 2.34. The molecule has 1 fully saturated rings. The number of carbonyl (C=O) groups is 1. The van der Waals surface area contributed by atoms with E-state index in [0.29, 0.717) is 48.4 Å². The average molecular weight is 549 g/mol. The van der Waals surface area contributed by atoms with Crippen molar-refractivity contribution in [2.45, 2.75) is 46.3 Å². The molecule has 1 saturated heterocycles. The van der Waals surface area contributed by atoms with Gasteiger partial charge in [-0.25, -0.2) is 18.7 Å². The number of carbonyl (C=O) groups excluding carboxylic acids is 1. The third-order valence-corrected chi connectivity index (χ3v) is 6.97. The predicted octanol–water partition coefficient (Wildman–Crippen LogP) is 5.81. The topological polar surface area (TPSA) is 78.1 Å². The molecule has 1 aliphatic rings. The molecule has 1 aliphatic heterocycles. The van der Waals surface area contributed by atoms with Crippen LogP contribution in [0.25, 0.3) is 16.9 Å². The summed E-state index contributed by atoms with van der Waals surface area (Å²) in [5, 5.41) is 5.07. The van der Waals surface area contributed by atoms with Crippen LogP contribution in [0, 0.1) is 12.8 Å². The fourth-order valence-corrected chi connectivity index (χ4v) is 5.03. The van der Waals surface area contributed by atoms with Gasteiger partial charge in [-0.15, -0.1) is 5.10 Å². The Morgan fingerprint density at radius 2 is 1.82 bits per heavy atom. The third-order valence-electron chi connectivity index (χ3n) is 6.68. The van der Waals surface area contributed by atoms with E-state index < -0.39 is 5.60 Å². The minimum atomic E-state index is -0.543. The molecule has 1 atom stereocenters. The van der Waals surface area contributed by atoms with Crippen LogP contribution in [0.15, 0.2) is 65.5 Å². The van der Waals surface area contributed by atoms with Gasteiger partial charge >= 0.3 is 11.8 Å². The molecule has 1 amide bonds. The van der Waals surface area contributed by atoms with Crippen molar-refractivity contribution in [3.8, 4) is 17.0 Å². The average Bonchev–Trinajstić information content (AvgIpc) is 3.49. The van der Waals surface area contributed by atoms with E-state index in [1.165, 1.54) is 9.08 Å². The Morgan fingerprint density at radius 1 is 1.10 bits per heavy atom. The van der Waals surface area contributed by atoms with Crippen LogP contribution in [-0.4, -0.2) is 50.5 Å². The second-order valence-electron chi connectivity index (χ2n) is 11.0. The molecule has 0 spiro atoms. The number of rotatable bonds is 6. The number of aryl methyl sites for hydroxylation is 1. The Kier molecular flexibility index (Phi) is 7.40. The number of pyridine rings is 1. The first-order chi connectivity index (χ1) is 18.6. The van der Waals surface area contributed by atoms with Gasteiger partial charge in [0.25, 0.3) is 0 Å². The van der Waals surface area contributed by atoms with Crippen molar-refractivity contribution in [1.29, 1.82) is 0 Å². The number of likely N-dealkylation sites (tertiary alicyclic amines) is 1. The van der Waals surface area contributed by atoms with Crippen LogP contribution in [0.1, 0.15) is 38.3 Å². The molecule has 0 unspecified atom stereocenters. The van der Waals surface area contributed by atoms with Gasteiger partial charge in [0.1, 0.15) is 5.60 Å². The molecule has 2 aromatic carbocycles. The standard InChI is InChI=1S/C30H33ClN4O4/c1-20-10-12-23(13-11-20)26-24(31)16-25(38-19-22-14-15-33(17-22)29(37)39-30(2,3)4)27-32-34(28(36)35(26)27)18-21-8-6-5-7-9-21/h5-13,16,22H,14-15,17-19H2,1-4H3/t22-/m1/s1. The number of ether oxygens (including phenoxy) is 2. The van der Waals surface area contributed by atoms with Crippen LogP contribution in [0.4, 0.5) is 4.79 Å². The maximum atomic E-state index is 13.7. The Balaban J connectivity index is 1.46. The minimum absolute atomic E-state index is 0.117. The van der Waals surface area contributed by atoms with E-state index >= 15 is 0 Å². The lowest BCUT2D eigenvalue weighted by atomic mass is 10.1. The van der Waals surface area contributed by atoms with Crippen LogP contribution < -0.4 is 10.4 Å². The molecule has 3 heterocycles. The van der Waals surface area contributed by atoms with E-state index in [0.717, 1.165) is 23.1 Å². The number of hydrogen-bond donors (Lipinski definition) is 0. The zero-order chi connectivity index (χ0) is 27.7. The highest BCUT2D eigenvalue weighted by atomic mass is 35.5. The first-order valence-corrected chi connectivity index (χ1v) is 13.5. The van der Waals surface area contributed by atoms with Crippen molar-refractivity contribution >= 4 is 23.3 Å². The van der Waals surface area contributed by atoms with Gasteiger partial charge in [0.2, 0.25) is 5.65 Å². The van der Waals surface area contributed by atoms with Crippen molar-refractivity contribution in [2.24, 2.45) is 5.92 Å². The van der Waals surface area contributed by atoms with Crippen LogP contribution in [-0.2, 0) is 11.3 Å². The second kappa shape index (κ2) is 10.8. The molecule has 39 heavy (non-hydrogen) atoms.